The second kappa shape index (κ2) is 5.93. The van der Waals surface area contributed by atoms with Gasteiger partial charge in [0.15, 0.2) is 0 Å². The predicted molar refractivity (Wildman–Crippen MR) is 58.8 cm³/mol. The van der Waals surface area contributed by atoms with Gasteiger partial charge in [0, 0.05) is 6.20 Å². The second-order valence-electron chi connectivity index (χ2n) is 3.07. The Morgan fingerprint density at radius 1 is 1.67 bits per heavy atom. The summed E-state index contributed by atoms with van der Waals surface area (Å²) in [6.07, 6.45) is 6.19. The molecule has 0 aliphatic heterocycles. The molecular formula is C11H14N2O2. The quantitative estimate of drug-likeness (QED) is 0.715. The molecule has 0 saturated carbocycles. The van der Waals surface area contributed by atoms with Crippen LogP contribution < -0.4 is 5.32 Å². The Bertz CT molecular complexity index is 361. The molecule has 1 aromatic rings. The number of aromatic nitrogens is 1. The van der Waals surface area contributed by atoms with Crippen molar-refractivity contribution in [3.8, 4) is 0 Å². The van der Waals surface area contributed by atoms with Crippen LogP contribution in [0.3, 0.4) is 0 Å². The van der Waals surface area contributed by atoms with Gasteiger partial charge in [-0.25, -0.2) is 4.79 Å². The van der Waals surface area contributed by atoms with E-state index in [-0.39, 0.29) is 5.56 Å². The minimum Gasteiger partial charge on any atom is -0.478 e. The van der Waals surface area contributed by atoms with Crippen LogP contribution in [0.5, 0.6) is 0 Å². The van der Waals surface area contributed by atoms with Gasteiger partial charge in [0.25, 0.3) is 0 Å². The number of carboxylic acid groups (broad SMARTS) is 1. The molecule has 0 saturated heterocycles. The SMILES string of the molecule is CNCCC=Cc1cc(C(=O)O)ccn1. The summed E-state index contributed by atoms with van der Waals surface area (Å²) >= 11 is 0. The summed E-state index contributed by atoms with van der Waals surface area (Å²) in [6.45, 7) is 0.898. The lowest BCUT2D eigenvalue weighted by atomic mass is 10.2. The predicted octanol–water partition coefficient (Wildman–Crippen LogP) is 1.40. The molecule has 0 unspecified atom stereocenters. The monoisotopic (exact) mass is 206 g/mol. The molecule has 0 amide bonds. The average molecular weight is 206 g/mol. The smallest absolute Gasteiger partial charge is 0.335 e. The number of carboxylic acids is 1. The molecule has 0 atom stereocenters. The minimum absolute atomic E-state index is 0.262. The number of pyridine rings is 1. The van der Waals surface area contributed by atoms with Crippen LogP contribution in [0.25, 0.3) is 6.08 Å². The molecule has 0 aliphatic rings. The van der Waals surface area contributed by atoms with Gasteiger partial charge in [-0.2, -0.15) is 0 Å². The van der Waals surface area contributed by atoms with Crippen molar-refractivity contribution in [3.05, 3.63) is 35.7 Å². The zero-order chi connectivity index (χ0) is 11.1. The molecule has 1 aromatic heterocycles. The van der Waals surface area contributed by atoms with E-state index in [2.05, 4.69) is 10.3 Å². The molecule has 4 nitrogen and oxygen atoms in total. The average Bonchev–Trinajstić information content (AvgIpc) is 2.25. The van der Waals surface area contributed by atoms with E-state index < -0.39 is 5.97 Å². The summed E-state index contributed by atoms with van der Waals surface area (Å²) in [5, 5.41) is 11.8. The highest BCUT2D eigenvalue weighted by Gasteiger charge is 2.01. The number of hydrogen-bond acceptors (Lipinski definition) is 3. The zero-order valence-electron chi connectivity index (χ0n) is 8.60. The van der Waals surface area contributed by atoms with Crippen molar-refractivity contribution in [2.75, 3.05) is 13.6 Å². The lowest BCUT2D eigenvalue weighted by molar-refractivity contribution is 0.0696. The number of rotatable bonds is 5. The van der Waals surface area contributed by atoms with Crippen molar-refractivity contribution < 1.29 is 9.90 Å². The summed E-state index contributed by atoms with van der Waals surface area (Å²) in [5.74, 6) is -0.928. The molecule has 0 spiro atoms. The topological polar surface area (TPSA) is 62.2 Å². The van der Waals surface area contributed by atoms with Crippen LogP contribution in [0, 0.1) is 0 Å². The van der Waals surface area contributed by atoms with Crippen LogP contribution in [0.15, 0.2) is 24.4 Å². The van der Waals surface area contributed by atoms with E-state index in [9.17, 15) is 4.79 Å². The van der Waals surface area contributed by atoms with Crippen LogP contribution in [-0.4, -0.2) is 29.7 Å². The fourth-order valence-electron chi connectivity index (χ4n) is 1.10. The van der Waals surface area contributed by atoms with Crippen molar-refractivity contribution in [1.29, 1.82) is 0 Å². The normalized spacial score (nSPS) is 10.7. The number of nitrogens with one attached hydrogen (secondary N) is 1. The standard InChI is InChI=1S/C11H14N2O2/c1-12-6-3-2-4-10-8-9(11(14)15)5-7-13-10/h2,4-5,7-8,12H,3,6H2,1H3,(H,14,15). The maximum Gasteiger partial charge on any atom is 0.335 e. The Morgan fingerprint density at radius 3 is 3.13 bits per heavy atom. The summed E-state index contributed by atoms with van der Waals surface area (Å²) in [4.78, 5) is 14.7. The molecule has 80 valence electrons. The third-order valence-corrected chi connectivity index (χ3v) is 1.88. The van der Waals surface area contributed by atoms with Crippen LogP contribution in [-0.2, 0) is 0 Å². The summed E-state index contributed by atoms with van der Waals surface area (Å²) in [7, 11) is 1.89. The molecule has 1 heterocycles. The largest absolute Gasteiger partial charge is 0.478 e. The first-order valence-corrected chi connectivity index (χ1v) is 4.74. The fraction of sp³-hybridized carbons (Fsp3) is 0.273. The maximum atomic E-state index is 10.7. The van der Waals surface area contributed by atoms with Crippen LogP contribution in [0.1, 0.15) is 22.5 Å². The zero-order valence-corrected chi connectivity index (χ0v) is 8.60. The van der Waals surface area contributed by atoms with Crippen LogP contribution in [0.2, 0.25) is 0 Å². The highest BCUT2D eigenvalue weighted by atomic mass is 16.4. The van der Waals surface area contributed by atoms with Crippen molar-refractivity contribution in [1.82, 2.24) is 10.3 Å². The van der Waals surface area contributed by atoms with Crippen molar-refractivity contribution in [2.45, 2.75) is 6.42 Å². The van der Waals surface area contributed by atoms with Gasteiger partial charge in [0.05, 0.1) is 11.3 Å². The van der Waals surface area contributed by atoms with Gasteiger partial charge in [-0.1, -0.05) is 6.08 Å². The number of nitrogens with zero attached hydrogens (tertiary/aromatic N) is 1. The molecule has 0 fully saturated rings. The number of aromatic carboxylic acids is 1. The summed E-state index contributed by atoms with van der Waals surface area (Å²) in [5.41, 5.74) is 0.935. The first-order chi connectivity index (χ1) is 7.24. The van der Waals surface area contributed by atoms with E-state index in [1.165, 1.54) is 12.3 Å². The minimum atomic E-state index is -0.928. The molecule has 0 bridgehead atoms. The summed E-state index contributed by atoms with van der Waals surface area (Å²) < 4.78 is 0. The first kappa shape index (κ1) is 11.4. The van der Waals surface area contributed by atoms with Gasteiger partial charge in [-0.3, -0.25) is 4.98 Å². The van der Waals surface area contributed by atoms with Crippen molar-refractivity contribution in [2.24, 2.45) is 0 Å². The first-order valence-electron chi connectivity index (χ1n) is 4.74. The van der Waals surface area contributed by atoms with E-state index in [1.54, 1.807) is 6.07 Å². The van der Waals surface area contributed by atoms with Crippen LogP contribution in [0.4, 0.5) is 0 Å². The van der Waals surface area contributed by atoms with Gasteiger partial charge in [-0.05, 0) is 38.2 Å². The third kappa shape index (κ3) is 3.91. The Balaban J connectivity index is 2.65. The second-order valence-corrected chi connectivity index (χ2v) is 3.07. The molecule has 0 aliphatic carbocycles. The Morgan fingerprint density at radius 2 is 2.47 bits per heavy atom. The van der Waals surface area contributed by atoms with Gasteiger partial charge in [0.1, 0.15) is 0 Å². The van der Waals surface area contributed by atoms with E-state index >= 15 is 0 Å². The van der Waals surface area contributed by atoms with E-state index in [0.717, 1.165) is 13.0 Å². The lowest BCUT2D eigenvalue weighted by Crippen LogP contribution is -2.05. The Kier molecular flexibility index (Phi) is 4.50. The van der Waals surface area contributed by atoms with E-state index in [1.807, 2.05) is 19.2 Å². The maximum absolute atomic E-state index is 10.7. The van der Waals surface area contributed by atoms with Gasteiger partial charge >= 0.3 is 5.97 Å². The third-order valence-electron chi connectivity index (χ3n) is 1.88. The molecule has 0 aromatic carbocycles. The summed E-state index contributed by atoms with van der Waals surface area (Å²) in [6, 6.07) is 3.03. The highest BCUT2D eigenvalue weighted by Crippen LogP contribution is 2.03. The number of carbonyl (C=O) groups is 1. The van der Waals surface area contributed by atoms with Gasteiger partial charge < -0.3 is 10.4 Å². The molecule has 1 rings (SSSR count). The van der Waals surface area contributed by atoms with Crippen LogP contribution >= 0.6 is 0 Å². The molecule has 4 heteroatoms. The Labute approximate surface area is 88.7 Å². The van der Waals surface area contributed by atoms with Gasteiger partial charge in [0.2, 0.25) is 0 Å². The van der Waals surface area contributed by atoms with Gasteiger partial charge in [-0.15, -0.1) is 0 Å². The molecule has 15 heavy (non-hydrogen) atoms. The molecule has 2 N–H and O–H groups in total. The van der Waals surface area contributed by atoms with E-state index in [4.69, 9.17) is 5.11 Å². The van der Waals surface area contributed by atoms with E-state index in [0.29, 0.717) is 5.69 Å². The lowest BCUT2D eigenvalue weighted by Gasteiger charge is -1.96. The number of hydrogen-bond donors (Lipinski definition) is 2. The van der Waals surface area contributed by atoms with Crippen molar-refractivity contribution >= 4 is 12.0 Å². The fourth-order valence-corrected chi connectivity index (χ4v) is 1.10. The molecular weight excluding hydrogens is 192 g/mol. The van der Waals surface area contributed by atoms with Crippen molar-refractivity contribution in [3.63, 3.8) is 0 Å². The molecule has 0 radical (unpaired) electrons. The Hall–Kier alpha value is -1.68. The highest BCUT2D eigenvalue weighted by molar-refractivity contribution is 5.87.